The summed E-state index contributed by atoms with van der Waals surface area (Å²) in [6, 6.07) is 15.2. The number of fused-ring (bicyclic) bond motifs is 1. The maximum atomic E-state index is 12.8. The Morgan fingerprint density at radius 1 is 1.03 bits per heavy atom. The summed E-state index contributed by atoms with van der Waals surface area (Å²) in [5.41, 5.74) is 6.80. The van der Waals surface area contributed by atoms with E-state index in [1.807, 2.05) is 6.07 Å². The van der Waals surface area contributed by atoms with Crippen LogP contribution in [0, 0.1) is 0 Å². The molecule has 0 fully saturated rings. The van der Waals surface area contributed by atoms with Gasteiger partial charge in [-0.15, -0.1) is 13.2 Å². The van der Waals surface area contributed by atoms with Crippen LogP contribution in [0.2, 0.25) is 0 Å². The molecule has 0 aliphatic rings. The number of ether oxygens (including phenoxy) is 1. The first kappa shape index (κ1) is 20.8. The Labute approximate surface area is 178 Å². The fraction of sp³-hybridized carbons (Fsp3) is 0.0476. The van der Waals surface area contributed by atoms with Crippen molar-refractivity contribution in [3.8, 4) is 17.0 Å². The van der Waals surface area contributed by atoms with Crippen molar-refractivity contribution in [3.05, 3.63) is 78.4 Å². The second-order valence-corrected chi connectivity index (χ2v) is 6.57. The van der Waals surface area contributed by atoms with Crippen molar-refractivity contribution in [1.82, 2.24) is 14.4 Å². The molecule has 0 bridgehead atoms. The number of amides is 2. The Morgan fingerprint density at radius 2 is 1.72 bits per heavy atom. The summed E-state index contributed by atoms with van der Waals surface area (Å²) in [5.74, 6) is -1.88. The first-order chi connectivity index (χ1) is 15.2. The number of nitrogens with two attached hydrogens (primary N) is 1. The molecular weight excluding hydrogens is 427 g/mol. The molecule has 2 amide bonds. The summed E-state index contributed by atoms with van der Waals surface area (Å²) < 4.78 is 42.2. The Morgan fingerprint density at radius 3 is 2.34 bits per heavy atom. The summed E-state index contributed by atoms with van der Waals surface area (Å²) in [6.07, 6.45) is -3.44. The molecule has 2 heterocycles. The molecule has 4 rings (SSSR count). The van der Waals surface area contributed by atoms with Crippen molar-refractivity contribution < 1.29 is 27.5 Å². The molecule has 0 aliphatic carbocycles. The lowest BCUT2D eigenvalue weighted by Crippen LogP contribution is -2.18. The van der Waals surface area contributed by atoms with Gasteiger partial charge in [0.05, 0.1) is 5.69 Å². The molecule has 2 aromatic carbocycles. The molecule has 3 N–H and O–H groups in total. The molecule has 4 aromatic rings. The lowest BCUT2D eigenvalue weighted by Gasteiger charge is -2.11. The van der Waals surface area contributed by atoms with E-state index in [-0.39, 0.29) is 22.7 Å². The number of halogens is 3. The molecule has 32 heavy (non-hydrogen) atoms. The number of alkyl halides is 3. The van der Waals surface area contributed by atoms with Crippen LogP contribution in [0.15, 0.2) is 67.0 Å². The molecule has 11 heteroatoms. The molecule has 2 aromatic heterocycles. The Kier molecular flexibility index (Phi) is 5.23. The summed E-state index contributed by atoms with van der Waals surface area (Å²) in [7, 11) is 0. The quantitative estimate of drug-likeness (QED) is 0.491. The standard InChI is InChI=1S/C21H14F3N5O3/c22-21(23,24)32-14-8-6-13(7-9-14)27-20(31)15-10-16(12-4-2-1-3-5-12)29-11-26-17(18(25)30)19(29)28-15/h1-11H,(H2,25,30)(H,27,31). The third-order valence-corrected chi connectivity index (χ3v) is 4.38. The van der Waals surface area contributed by atoms with Crippen LogP contribution in [0.25, 0.3) is 16.9 Å². The monoisotopic (exact) mass is 441 g/mol. The lowest BCUT2D eigenvalue weighted by molar-refractivity contribution is -0.274. The van der Waals surface area contributed by atoms with E-state index in [2.05, 4.69) is 20.0 Å². The van der Waals surface area contributed by atoms with Gasteiger partial charge in [-0.05, 0) is 35.9 Å². The number of nitrogens with one attached hydrogen (secondary N) is 1. The molecule has 0 spiro atoms. The number of carbonyl (C=O) groups is 2. The van der Waals surface area contributed by atoms with E-state index in [0.29, 0.717) is 5.69 Å². The Bertz CT molecular complexity index is 1300. The Hall–Kier alpha value is -4.41. The van der Waals surface area contributed by atoms with Crippen LogP contribution in [0.1, 0.15) is 21.0 Å². The van der Waals surface area contributed by atoms with E-state index in [0.717, 1.165) is 17.7 Å². The fourth-order valence-corrected chi connectivity index (χ4v) is 3.03. The minimum absolute atomic E-state index is 0.0463. The summed E-state index contributed by atoms with van der Waals surface area (Å²) in [5, 5.41) is 2.55. The molecule has 0 aliphatic heterocycles. The molecule has 0 radical (unpaired) electrons. The van der Waals surface area contributed by atoms with Gasteiger partial charge in [-0.3, -0.25) is 14.0 Å². The van der Waals surface area contributed by atoms with E-state index >= 15 is 0 Å². The van der Waals surface area contributed by atoms with Crippen molar-refractivity contribution in [2.45, 2.75) is 6.36 Å². The minimum Gasteiger partial charge on any atom is -0.406 e. The number of nitrogens with zero attached hydrogens (tertiary/aromatic N) is 3. The highest BCUT2D eigenvalue weighted by Gasteiger charge is 2.31. The third kappa shape index (κ3) is 4.36. The number of rotatable bonds is 5. The van der Waals surface area contributed by atoms with E-state index in [1.165, 1.54) is 28.9 Å². The van der Waals surface area contributed by atoms with Crippen molar-refractivity contribution in [2.24, 2.45) is 5.73 Å². The predicted molar refractivity (Wildman–Crippen MR) is 108 cm³/mol. The fourth-order valence-electron chi connectivity index (χ4n) is 3.03. The van der Waals surface area contributed by atoms with Crippen LogP contribution < -0.4 is 15.8 Å². The summed E-state index contributed by atoms with van der Waals surface area (Å²) >= 11 is 0. The molecular formula is C21H14F3N5O3. The average Bonchev–Trinajstić information content (AvgIpc) is 3.18. The number of benzene rings is 2. The third-order valence-electron chi connectivity index (χ3n) is 4.38. The van der Waals surface area contributed by atoms with Crippen LogP contribution in [-0.4, -0.2) is 32.5 Å². The van der Waals surface area contributed by atoms with Crippen molar-refractivity contribution in [3.63, 3.8) is 0 Å². The molecule has 0 unspecified atom stereocenters. The van der Waals surface area contributed by atoms with Crippen molar-refractivity contribution in [2.75, 3.05) is 5.32 Å². The molecule has 0 saturated carbocycles. The second-order valence-electron chi connectivity index (χ2n) is 6.57. The van der Waals surface area contributed by atoms with Gasteiger partial charge < -0.3 is 15.8 Å². The number of primary amides is 1. The van der Waals surface area contributed by atoms with Crippen LogP contribution in [0.3, 0.4) is 0 Å². The van der Waals surface area contributed by atoms with E-state index in [1.54, 1.807) is 24.3 Å². The zero-order chi connectivity index (χ0) is 22.9. The van der Waals surface area contributed by atoms with Gasteiger partial charge >= 0.3 is 6.36 Å². The number of hydrogen-bond donors (Lipinski definition) is 2. The zero-order valence-corrected chi connectivity index (χ0v) is 16.1. The smallest absolute Gasteiger partial charge is 0.406 e. The number of hydrogen-bond acceptors (Lipinski definition) is 5. The van der Waals surface area contributed by atoms with Gasteiger partial charge in [0.25, 0.3) is 11.8 Å². The Balaban J connectivity index is 1.70. The normalized spacial score (nSPS) is 11.3. The highest BCUT2D eigenvalue weighted by atomic mass is 19.4. The van der Waals surface area contributed by atoms with Gasteiger partial charge in [0.2, 0.25) is 0 Å². The van der Waals surface area contributed by atoms with E-state index in [9.17, 15) is 22.8 Å². The van der Waals surface area contributed by atoms with Gasteiger partial charge in [-0.25, -0.2) is 9.97 Å². The van der Waals surface area contributed by atoms with Gasteiger partial charge in [0.1, 0.15) is 17.8 Å². The van der Waals surface area contributed by atoms with E-state index in [4.69, 9.17) is 5.73 Å². The summed E-state index contributed by atoms with van der Waals surface area (Å²) in [4.78, 5) is 32.8. The first-order valence-corrected chi connectivity index (χ1v) is 9.12. The van der Waals surface area contributed by atoms with Crippen LogP contribution in [-0.2, 0) is 0 Å². The van der Waals surface area contributed by atoms with Crippen molar-refractivity contribution >= 4 is 23.1 Å². The van der Waals surface area contributed by atoms with Gasteiger partial charge in [0.15, 0.2) is 11.3 Å². The van der Waals surface area contributed by atoms with Crippen LogP contribution in [0.4, 0.5) is 18.9 Å². The average molecular weight is 441 g/mol. The van der Waals surface area contributed by atoms with Crippen molar-refractivity contribution in [1.29, 1.82) is 0 Å². The maximum absolute atomic E-state index is 12.8. The van der Waals surface area contributed by atoms with Crippen LogP contribution in [0.5, 0.6) is 5.75 Å². The molecule has 0 saturated heterocycles. The first-order valence-electron chi connectivity index (χ1n) is 9.12. The number of aromatic nitrogens is 3. The molecule has 8 nitrogen and oxygen atoms in total. The van der Waals surface area contributed by atoms with E-state index < -0.39 is 23.9 Å². The van der Waals surface area contributed by atoms with Gasteiger partial charge in [-0.2, -0.15) is 0 Å². The largest absolute Gasteiger partial charge is 0.573 e. The second kappa shape index (κ2) is 8.02. The molecule has 162 valence electrons. The van der Waals surface area contributed by atoms with Gasteiger partial charge in [0, 0.05) is 5.69 Å². The summed E-state index contributed by atoms with van der Waals surface area (Å²) in [6.45, 7) is 0. The number of imidazole rings is 1. The number of anilines is 1. The molecule has 0 atom stereocenters. The predicted octanol–water partition coefficient (Wildman–Crippen LogP) is 3.65. The SMILES string of the molecule is NC(=O)c1ncn2c(-c3ccccc3)cc(C(=O)Nc3ccc(OC(F)(F)F)cc3)nc12. The van der Waals surface area contributed by atoms with Crippen LogP contribution >= 0.6 is 0 Å². The number of carbonyl (C=O) groups excluding carboxylic acids is 2. The topological polar surface area (TPSA) is 112 Å². The van der Waals surface area contributed by atoms with Gasteiger partial charge in [-0.1, -0.05) is 30.3 Å². The minimum atomic E-state index is -4.82. The highest BCUT2D eigenvalue weighted by molar-refractivity contribution is 6.04. The zero-order valence-electron chi connectivity index (χ0n) is 16.1. The maximum Gasteiger partial charge on any atom is 0.573 e. The highest BCUT2D eigenvalue weighted by Crippen LogP contribution is 2.25. The lowest BCUT2D eigenvalue weighted by atomic mass is 10.1.